The van der Waals surface area contributed by atoms with Gasteiger partial charge >= 0.3 is 0 Å². The molecule has 0 amide bonds. The molecule has 0 aliphatic carbocycles. The molecule has 2 fully saturated rings. The number of halogens is 1. The minimum atomic E-state index is 0.611. The fourth-order valence-corrected chi connectivity index (χ4v) is 4.86. The van der Waals surface area contributed by atoms with Crippen molar-refractivity contribution in [3.8, 4) is 0 Å². The maximum atomic E-state index is 6.13. The topological polar surface area (TPSA) is 19.4 Å². The van der Waals surface area contributed by atoms with Gasteiger partial charge in [-0.25, -0.2) is 4.98 Å². The van der Waals surface area contributed by atoms with Crippen LogP contribution < -0.4 is 4.90 Å². The molecule has 0 spiro atoms. The van der Waals surface area contributed by atoms with Crippen LogP contribution in [0.1, 0.15) is 35.6 Å². The third-order valence-corrected chi connectivity index (χ3v) is 6.17. The van der Waals surface area contributed by atoms with Crippen molar-refractivity contribution in [1.29, 1.82) is 0 Å². The second-order valence-electron chi connectivity index (χ2n) is 6.58. The minimum absolute atomic E-state index is 0.611. The Morgan fingerprint density at radius 2 is 2.09 bits per heavy atom. The number of rotatable bonds is 4. The number of anilines is 1. The second-order valence-corrected chi connectivity index (χ2v) is 8.11. The zero-order chi connectivity index (χ0) is 15.6. The van der Waals surface area contributed by atoms with Gasteiger partial charge in [0.05, 0.1) is 0 Å². The Morgan fingerprint density at radius 1 is 1.22 bits per heavy atom. The predicted octanol–water partition coefficient (Wildman–Crippen LogP) is 4.39. The molecular formula is C18H22ClN3S. The van der Waals surface area contributed by atoms with E-state index in [1.807, 2.05) is 17.4 Å². The number of nitrogens with zero attached hydrogens (tertiary/aromatic N) is 3. The lowest BCUT2D eigenvalue weighted by Crippen LogP contribution is -2.19. The molecule has 1 atom stereocenters. The molecule has 0 N–H and O–H groups in total. The third kappa shape index (κ3) is 3.54. The largest absolute Gasteiger partial charge is 0.348 e. The summed E-state index contributed by atoms with van der Waals surface area (Å²) in [6.07, 6.45) is 5.91. The zero-order valence-electron chi connectivity index (χ0n) is 13.2. The molecule has 2 aromatic rings. The van der Waals surface area contributed by atoms with Gasteiger partial charge in [0.15, 0.2) is 5.13 Å². The molecule has 2 saturated heterocycles. The molecule has 4 rings (SSSR count). The monoisotopic (exact) mass is 347 g/mol. The number of hydrogen-bond acceptors (Lipinski definition) is 4. The molecule has 0 unspecified atom stereocenters. The lowest BCUT2D eigenvalue weighted by molar-refractivity contribution is 0.329. The molecule has 0 saturated carbocycles. The van der Waals surface area contributed by atoms with E-state index in [1.165, 1.54) is 47.9 Å². The number of aromatic nitrogens is 1. The molecule has 23 heavy (non-hydrogen) atoms. The van der Waals surface area contributed by atoms with E-state index >= 15 is 0 Å². The summed E-state index contributed by atoms with van der Waals surface area (Å²) in [6.45, 7) is 5.66. The zero-order valence-corrected chi connectivity index (χ0v) is 14.8. The fraction of sp³-hybridized carbons (Fsp3) is 0.500. The summed E-state index contributed by atoms with van der Waals surface area (Å²) in [4.78, 5) is 11.0. The smallest absolute Gasteiger partial charge is 0.185 e. The van der Waals surface area contributed by atoms with Crippen molar-refractivity contribution in [2.75, 3.05) is 31.1 Å². The minimum Gasteiger partial charge on any atom is -0.348 e. The van der Waals surface area contributed by atoms with Gasteiger partial charge in [-0.1, -0.05) is 23.7 Å². The third-order valence-electron chi connectivity index (χ3n) is 4.89. The van der Waals surface area contributed by atoms with Gasteiger partial charge in [-0.3, -0.25) is 4.90 Å². The van der Waals surface area contributed by atoms with E-state index < -0.39 is 0 Å². The van der Waals surface area contributed by atoms with Crippen LogP contribution >= 0.6 is 22.9 Å². The average molecular weight is 348 g/mol. The van der Waals surface area contributed by atoms with E-state index in [0.29, 0.717) is 5.92 Å². The summed E-state index contributed by atoms with van der Waals surface area (Å²) in [5.74, 6) is 0.611. The van der Waals surface area contributed by atoms with E-state index in [4.69, 9.17) is 11.6 Å². The quantitative estimate of drug-likeness (QED) is 0.817. The summed E-state index contributed by atoms with van der Waals surface area (Å²) in [7, 11) is 0. The molecule has 3 nitrogen and oxygen atoms in total. The molecule has 5 heteroatoms. The average Bonchev–Trinajstić information content (AvgIpc) is 3.29. The molecule has 1 aromatic heterocycles. The summed E-state index contributed by atoms with van der Waals surface area (Å²) < 4.78 is 0. The standard InChI is InChI=1S/C18H22ClN3S/c19-16-5-3-4-14(10-16)15-6-9-21(12-15)13-17-11-20-18(23-17)22-7-1-2-8-22/h3-5,10-11,15H,1-2,6-9,12-13H2/t15-/m1/s1. The van der Waals surface area contributed by atoms with Crippen LogP contribution in [0.2, 0.25) is 5.02 Å². The molecule has 0 radical (unpaired) electrons. The van der Waals surface area contributed by atoms with Crippen molar-refractivity contribution in [1.82, 2.24) is 9.88 Å². The highest BCUT2D eigenvalue weighted by atomic mass is 35.5. The van der Waals surface area contributed by atoms with Gasteiger partial charge in [-0.15, -0.1) is 11.3 Å². The molecular weight excluding hydrogens is 326 g/mol. The van der Waals surface area contributed by atoms with Gasteiger partial charge in [0.25, 0.3) is 0 Å². The van der Waals surface area contributed by atoms with Gasteiger partial charge in [0.2, 0.25) is 0 Å². The van der Waals surface area contributed by atoms with Crippen LogP contribution in [0, 0.1) is 0 Å². The normalized spacial score (nSPS) is 22.1. The Bertz CT molecular complexity index is 666. The van der Waals surface area contributed by atoms with Gasteiger partial charge in [0, 0.05) is 42.3 Å². The van der Waals surface area contributed by atoms with Crippen molar-refractivity contribution >= 4 is 28.1 Å². The van der Waals surface area contributed by atoms with Crippen molar-refractivity contribution < 1.29 is 0 Å². The van der Waals surface area contributed by atoms with Gasteiger partial charge in [-0.2, -0.15) is 0 Å². The Hall–Kier alpha value is -1.10. The molecule has 2 aliphatic rings. The lowest BCUT2D eigenvalue weighted by atomic mass is 9.99. The van der Waals surface area contributed by atoms with Gasteiger partial charge < -0.3 is 4.90 Å². The van der Waals surface area contributed by atoms with Gasteiger partial charge in [0.1, 0.15) is 0 Å². The van der Waals surface area contributed by atoms with Crippen LogP contribution in [-0.2, 0) is 6.54 Å². The maximum absolute atomic E-state index is 6.13. The summed E-state index contributed by atoms with van der Waals surface area (Å²) >= 11 is 8.00. The summed E-state index contributed by atoms with van der Waals surface area (Å²) in [5, 5.41) is 2.06. The number of thiazole rings is 1. The molecule has 2 aliphatic heterocycles. The van der Waals surface area contributed by atoms with Crippen LogP contribution in [0.4, 0.5) is 5.13 Å². The van der Waals surface area contributed by atoms with Crippen molar-refractivity contribution in [2.24, 2.45) is 0 Å². The Labute approximate surface area is 146 Å². The second kappa shape index (κ2) is 6.80. The number of hydrogen-bond donors (Lipinski definition) is 0. The van der Waals surface area contributed by atoms with Gasteiger partial charge in [-0.05, 0) is 49.4 Å². The van der Waals surface area contributed by atoms with Crippen LogP contribution in [0.15, 0.2) is 30.5 Å². The highest BCUT2D eigenvalue weighted by Crippen LogP contribution is 2.31. The fourth-order valence-electron chi connectivity index (χ4n) is 3.65. The van der Waals surface area contributed by atoms with E-state index in [1.54, 1.807) is 0 Å². The Balaban J connectivity index is 1.37. The van der Waals surface area contributed by atoms with E-state index in [9.17, 15) is 0 Å². The molecule has 0 bridgehead atoms. The SMILES string of the molecule is Clc1cccc([C@@H]2CCN(Cc3cnc(N4CCCC4)s3)C2)c1. The lowest BCUT2D eigenvalue weighted by Gasteiger charge is -2.15. The highest BCUT2D eigenvalue weighted by molar-refractivity contribution is 7.15. The van der Waals surface area contributed by atoms with Crippen molar-refractivity contribution in [3.05, 3.63) is 45.9 Å². The molecule has 1 aromatic carbocycles. The summed E-state index contributed by atoms with van der Waals surface area (Å²) in [5.41, 5.74) is 1.38. The predicted molar refractivity (Wildman–Crippen MR) is 97.6 cm³/mol. The number of benzene rings is 1. The van der Waals surface area contributed by atoms with Crippen molar-refractivity contribution in [3.63, 3.8) is 0 Å². The number of likely N-dealkylation sites (tertiary alicyclic amines) is 1. The molecule has 122 valence electrons. The van der Waals surface area contributed by atoms with E-state index in [0.717, 1.165) is 24.7 Å². The Kier molecular flexibility index (Phi) is 4.56. The first kappa shape index (κ1) is 15.4. The maximum Gasteiger partial charge on any atom is 0.185 e. The van der Waals surface area contributed by atoms with Crippen LogP contribution in [-0.4, -0.2) is 36.1 Å². The first-order chi connectivity index (χ1) is 11.3. The van der Waals surface area contributed by atoms with Crippen molar-refractivity contribution in [2.45, 2.75) is 31.7 Å². The van der Waals surface area contributed by atoms with Crippen LogP contribution in [0.5, 0.6) is 0 Å². The Morgan fingerprint density at radius 3 is 2.91 bits per heavy atom. The molecule has 3 heterocycles. The van der Waals surface area contributed by atoms with E-state index in [-0.39, 0.29) is 0 Å². The van der Waals surface area contributed by atoms with E-state index in [2.05, 4.69) is 39.2 Å². The first-order valence-electron chi connectivity index (χ1n) is 8.45. The van der Waals surface area contributed by atoms with Crippen LogP contribution in [0.25, 0.3) is 0 Å². The van der Waals surface area contributed by atoms with Crippen LogP contribution in [0.3, 0.4) is 0 Å². The highest BCUT2D eigenvalue weighted by Gasteiger charge is 2.25. The first-order valence-corrected chi connectivity index (χ1v) is 9.65. The summed E-state index contributed by atoms with van der Waals surface area (Å²) in [6, 6.07) is 8.34.